The lowest BCUT2D eigenvalue weighted by Crippen LogP contribution is -2.47. The van der Waals surface area contributed by atoms with Gasteiger partial charge in [-0.3, -0.25) is 0 Å². The van der Waals surface area contributed by atoms with E-state index in [-0.39, 0.29) is 0 Å². The Morgan fingerprint density at radius 2 is 1.76 bits per heavy atom. The summed E-state index contributed by atoms with van der Waals surface area (Å²) >= 11 is 0. The van der Waals surface area contributed by atoms with Gasteiger partial charge < -0.3 is 9.04 Å². The summed E-state index contributed by atoms with van der Waals surface area (Å²) < 4.78 is 30.8. The molecule has 0 atom stereocenters. The Bertz CT molecular complexity index is 330. The first-order chi connectivity index (χ1) is 7.68. The SMILES string of the molecule is C=C(C)CS(=O)(=O)[O-].CC[N+]1(C)CCCCC1. The number of rotatable bonds is 3. The van der Waals surface area contributed by atoms with Crippen LogP contribution in [0.25, 0.3) is 0 Å². The van der Waals surface area contributed by atoms with Crippen LogP contribution in [0.4, 0.5) is 0 Å². The van der Waals surface area contributed by atoms with E-state index < -0.39 is 15.9 Å². The second-order valence-corrected chi connectivity index (χ2v) is 6.51. The maximum atomic E-state index is 9.83. The van der Waals surface area contributed by atoms with Crippen LogP contribution < -0.4 is 0 Å². The highest BCUT2D eigenvalue weighted by molar-refractivity contribution is 7.85. The highest BCUT2D eigenvalue weighted by Gasteiger charge is 2.21. The van der Waals surface area contributed by atoms with Crippen LogP contribution in [-0.4, -0.2) is 49.9 Å². The van der Waals surface area contributed by atoms with Crippen molar-refractivity contribution in [1.82, 2.24) is 0 Å². The molecule has 0 aromatic rings. The van der Waals surface area contributed by atoms with Crippen LogP contribution in [0.15, 0.2) is 12.2 Å². The molecule has 0 saturated carbocycles. The number of hydrogen-bond acceptors (Lipinski definition) is 3. The van der Waals surface area contributed by atoms with Crippen LogP contribution in [0.3, 0.4) is 0 Å². The van der Waals surface area contributed by atoms with E-state index in [9.17, 15) is 13.0 Å². The highest BCUT2D eigenvalue weighted by atomic mass is 32.2. The monoisotopic (exact) mass is 263 g/mol. The van der Waals surface area contributed by atoms with Crippen LogP contribution in [0.5, 0.6) is 0 Å². The molecule has 0 aromatic heterocycles. The third-order valence-corrected chi connectivity index (χ3v) is 3.93. The standard InChI is InChI=1S/C8H18N.C4H8O3S/c1-3-9(2)7-5-4-6-8-9;1-4(2)3-8(5,6)7/h3-8H2,1-2H3;1,3H2,2H3,(H,5,6,7)/q+1;/p-1. The van der Waals surface area contributed by atoms with E-state index in [1.54, 1.807) is 0 Å². The topological polar surface area (TPSA) is 57.2 Å². The van der Waals surface area contributed by atoms with Gasteiger partial charge in [0.25, 0.3) is 0 Å². The summed E-state index contributed by atoms with van der Waals surface area (Å²) in [5, 5.41) is 0. The zero-order valence-electron chi connectivity index (χ0n) is 11.2. The van der Waals surface area contributed by atoms with Crippen molar-refractivity contribution >= 4 is 10.1 Å². The lowest BCUT2D eigenvalue weighted by atomic mass is 10.1. The van der Waals surface area contributed by atoms with E-state index >= 15 is 0 Å². The van der Waals surface area contributed by atoms with Crippen LogP contribution in [0, 0.1) is 0 Å². The van der Waals surface area contributed by atoms with Crippen molar-refractivity contribution in [2.75, 3.05) is 32.4 Å². The number of likely N-dealkylation sites (tertiary alicyclic amines) is 1. The molecular weight excluding hydrogens is 238 g/mol. The van der Waals surface area contributed by atoms with Crippen molar-refractivity contribution in [2.24, 2.45) is 0 Å². The van der Waals surface area contributed by atoms with Crippen molar-refractivity contribution in [1.29, 1.82) is 0 Å². The van der Waals surface area contributed by atoms with E-state index in [1.807, 2.05) is 0 Å². The molecule has 0 spiro atoms. The van der Waals surface area contributed by atoms with Gasteiger partial charge in [0.05, 0.1) is 42.6 Å². The Kier molecular flexibility index (Phi) is 6.97. The minimum atomic E-state index is -4.07. The first-order valence-electron chi connectivity index (χ1n) is 6.10. The van der Waals surface area contributed by atoms with E-state index in [2.05, 4.69) is 20.6 Å². The molecule has 1 saturated heterocycles. The molecule has 1 heterocycles. The minimum absolute atomic E-state index is 0.375. The Balaban J connectivity index is 0.000000304. The molecule has 0 amide bonds. The summed E-state index contributed by atoms with van der Waals surface area (Å²) in [6.45, 7) is 11.2. The summed E-state index contributed by atoms with van der Waals surface area (Å²) in [7, 11) is -1.70. The Labute approximate surface area is 106 Å². The third-order valence-electron chi connectivity index (χ3n) is 3.08. The van der Waals surface area contributed by atoms with Gasteiger partial charge in [-0.1, -0.05) is 12.2 Å². The fourth-order valence-electron chi connectivity index (χ4n) is 1.89. The molecule has 0 aromatic carbocycles. The van der Waals surface area contributed by atoms with Gasteiger partial charge in [0.15, 0.2) is 0 Å². The second-order valence-electron chi connectivity index (χ2n) is 5.10. The Hall–Kier alpha value is -0.390. The van der Waals surface area contributed by atoms with Gasteiger partial charge in [0.2, 0.25) is 0 Å². The molecule has 0 unspecified atom stereocenters. The van der Waals surface area contributed by atoms with Crippen LogP contribution in [-0.2, 0) is 10.1 Å². The molecule has 0 N–H and O–H groups in total. The van der Waals surface area contributed by atoms with Crippen molar-refractivity contribution in [3.8, 4) is 0 Å². The minimum Gasteiger partial charge on any atom is -0.748 e. The molecule has 0 radical (unpaired) electrons. The fourth-order valence-corrected chi connectivity index (χ4v) is 2.50. The second kappa shape index (κ2) is 7.13. The van der Waals surface area contributed by atoms with Gasteiger partial charge in [-0.25, -0.2) is 8.42 Å². The molecular formula is C12H25NO3S. The summed E-state index contributed by atoms with van der Waals surface area (Å²) in [5.41, 5.74) is 0.375. The molecule has 0 bridgehead atoms. The Morgan fingerprint density at radius 3 is 1.94 bits per heavy atom. The van der Waals surface area contributed by atoms with Crippen LogP contribution >= 0.6 is 0 Å². The van der Waals surface area contributed by atoms with Crippen molar-refractivity contribution in [3.05, 3.63) is 12.2 Å². The van der Waals surface area contributed by atoms with Crippen molar-refractivity contribution in [3.63, 3.8) is 0 Å². The molecule has 1 fully saturated rings. The summed E-state index contributed by atoms with van der Waals surface area (Å²) in [5.74, 6) is -0.451. The van der Waals surface area contributed by atoms with Gasteiger partial charge in [-0.15, -0.1) is 0 Å². The normalized spacial score (nSPS) is 19.1. The average molecular weight is 263 g/mol. The smallest absolute Gasteiger partial charge is 0.0984 e. The average Bonchev–Trinajstić information content (AvgIpc) is 2.16. The van der Waals surface area contributed by atoms with Crippen molar-refractivity contribution in [2.45, 2.75) is 33.1 Å². The molecule has 5 heteroatoms. The largest absolute Gasteiger partial charge is 0.748 e. The maximum absolute atomic E-state index is 9.83. The van der Waals surface area contributed by atoms with E-state index in [0.29, 0.717) is 5.57 Å². The first kappa shape index (κ1) is 16.6. The molecule has 17 heavy (non-hydrogen) atoms. The highest BCUT2D eigenvalue weighted by Crippen LogP contribution is 2.14. The van der Waals surface area contributed by atoms with Gasteiger partial charge in [0, 0.05) is 0 Å². The maximum Gasteiger partial charge on any atom is 0.0984 e. The summed E-state index contributed by atoms with van der Waals surface area (Å²) in [6.07, 6.45) is 4.36. The predicted molar refractivity (Wildman–Crippen MR) is 69.7 cm³/mol. The van der Waals surface area contributed by atoms with Crippen LogP contribution in [0.2, 0.25) is 0 Å². The molecule has 0 aliphatic carbocycles. The quantitative estimate of drug-likeness (QED) is 0.443. The molecule has 1 aliphatic heterocycles. The molecule has 102 valence electrons. The van der Waals surface area contributed by atoms with Crippen LogP contribution in [0.1, 0.15) is 33.1 Å². The van der Waals surface area contributed by atoms with E-state index in [1.165, 1.54) is 50.3 Å². The number of nitrogens with zero attached hydrogens (tertiary/aromatic N) is 1. The third kappa shape index (κ3) is 9.32. The zero-order valence-corrected chi connectivity index (χ0v) is 12.1. The first-order valence-corrected chi connectivity index (χ1v) is 7.68. The number of quaternary nitrogens is 1. The zero-order chi connectivity index (χ0) is 13.5. The molecule has 4 nitrogen and oxygen atoms in total. The van der Waals surface area contributed by atoms with Gasteiger partial charge in [-0.2, -0.15) is 0 Å². The summed E-state index contributed by atoms with van der Waals surface area (Å²) in [6, 6.07) is 0. The van der Waals surface area contributed by atoms with E-state index in [4.69, 9.17) is 0 Å². The van der Waals surface area contributed by atoms with Crippen molar-refractivity contribution < 1.29 is 17.5 Å². The van der Waals surface area contributed by atoms with E-state index in [0.717, 1.165) is 0 Å². The molecule has 1 rings (SSSR count). The number of hydrogen-bond donors (Lipinski definition) is 0. The lowest BCUT2D eigenvalue weighted by molar-refractivity contribution is -0.912. The summed E-state index contributed by atoms with van der Waals surface area (Å²) in [4.78, 5) is 0. The Morgan fingerprint density at radius 1 is 1.29 bits per heavy atom. The van der Waals surface area contributed by atoms with Gasteiger partial charge in [-0.05, 0) is 33.1 Å². The predicted octanol–water partition coefficient (Wildman–Crippen LogP) is 1.74. The number of piperidine rings is 1. The lowest BCUT2D eigenvalue weighted by Gasteiger charge is -2.36. The van der Waals surface area contributed by atoms with Gasteiger partial charge >= 0.3 is 0 Å². The molecule has 1 aliphatic rings. The van der Waals surface area contributed by atoms with Gasteiger partial charge in [0.1, 0.15) is 0 Å². The fraction of sp³-hybridized carbons (Fsp3) is 0.833.